The summed E-state index contributed by atoms with van der Waals surface area (Å²) in [4.78, 5) is 12.9. The van der Waals surface area contributed by atoms with E-state index >= 15 is 0 Å². The van der Waals surface area contributed by atoms with Gasteiger partial charge in [-0.05, 0) is 103 Å². The molecule has 1 saturated heterocycles. The number of carbonyl (C=O) groups excluding carboxylic acids is 1. The highest BCUT2D eigenvalue weighted by atomic mass is 32.3. The lowest BCUT2D eigenvalue weighted by Crippen LogP contribution is -2.60. The third kappa shape index (κ3) is 39.4. The molecule has 4 N–H and O–H groups in total. The second kappa shape index (κ2) is 46.8. The van der Waals surface area contributed by atoms with E-state index in [9.17, 15) is 33.1 Å². The van der Waals surface area contributed by atoms with Crippen molar-refractivity contribution >= 4 is 16.4 Å². The van der Waals surface area contributed by atoms with Crippen LogP contribution < -0.4 is 0 Å². The summed E-state index contributed by atoms with van der Waals surface area (Å²) >= 11 is 0. The molecule has 1 fully saturated rings. The number of esters is 1. The second-order valence-electron chi connectivity index (χ2n) is 17.7. The zero-order valence-electron chi connectivity index (χ0n) is 43.0. The lowest BCUT2D eigenvalue weighted by Gasteiger charge is -2.41. The van der Waals surface area contributed by atoms with Crippen molar-refractivity contribution in [2.75, 3.05) is 26.4 Å². The van der Waals surface area contributed by atoms with Crippen LogP contribution >= 0.6 is 0 Å². The monoisotopic (exact) mass is 1000 g/mol. The highest BCUT2D eigenvalue weighted by molar-refractivity contribution is 7.80. The molecule has 400 valence electrons. The number of ether oxygens (including phenoxy) is 4. The quantitative estimate of drug-likeness (QED) is 0.0197. The summed E-state index contributed by atoms with van der Waals surface area (Å²) in [7, 11) is -5.08. The molecule has 0 aromatic heterocycles. The Kier molecular flexibility index (Phi) is 43.3. The molecule has 0 bridgehead atoms. The minimum atomic E-state index is -5.08. The highest BCUT2D eigenvalue weighted by Gasteiger charge is 2.48. The van der Waals surface area contributed by atoms with Crippen molar-refractivity contribution in [3.05, 3.63) is 109 Å². The normalized spacial score (nSPS) is 20.0. The van der Waals surface area contributed by atoms with Gasteiger partial charge in [0.2, 0.25) is 0 Å². The van der Waals surface area contributed by atoms with Crippen molar-refractivity contribution in [2.24, 2.45) is 0 Å². The van der Waals surface area contributed by atoms with E-state index in [1.165, 1.54) is 44.9 Å². The number of allylic oxidation sites excluding steroid dienone is 18. The van der Waals surface area contributed by atoms with Gasteiger partial charge < -0.3 is 34.3 Å². The summed E-state index contributed by atoms with van der Waals surface area (Å²) in [5, 5.41) is 30.8. The molecule has 1 aliphatic heterocycles. The molecule has 13 heteroatoms. The molecule has 0 radical (unpaired) electrons. The van der Waals surface area contributed by atoms with E-state index in [1.54, 1.807) is 0 Å². The maximum atomic E-state index is 12.9. The van der Waals surface area contributed by atoms with Crippen LogP contribution in [0.4, 0.5) is 0 Å². The van der Waals surface area contributed by atoms with Gasteiger partial charge in [0, 0.05) is 13.0 Å². The van der Waals surface area contributed by atoms with Crippen LogP contribution in [0, 0.1) is 0 Å². The Balaban J connectivity index is 2.40. The summed E-state index contributed by atoms with van der Waals surface area (Å²) in [6.07, 6.45) is 56.8. The van der Waals surface area contributed by atoms with Crippen LogP contribution in [0.15, 0.2) is 109 Å². The third-order valence-electron chi connectivity index (χ3n) is 11.4. The number of aliphatic hydroxyl groups is 3. The average Bonchev–Trinajstić information content (AvgIpc) is 3.34. The van der Waals surface area contributed by atoms with Crippen molar-refractivity contribution in [3.8, 4) is 0 Å². The topological polar surface area (TPSA) is 178 Å². The van der Waals surface area contributed by atoms with Crippen molar-refractivity contribution in [1.82, 2.24) is 0 Å². The van der Waals surface area contributed by atoms with Gasteiger partial charge in [0.25, 0.3) is 0 Å². The van der Waals surface area contributed by atoms with Gasteiger partial charge in [-0.2, -0.15) is 8.42 Å². The first-order valence-electron chi connectivity index (χ1n) is 26.6. The van der Waals surface area contributed by atoms with E-state index in [0.717, 1.165) is 109 Å². The molecule has 0 aromatic carbocycles. The summed E-state index contributed by atoms with van der Waals surface area (Å²) in [6.45, 7) is 3.78. The fourth-order valence-corrected chi connectivity index (χ4v) is 7.90. The van der Waals surface area contributed by atoms with Crippen LogP contribution in [0.2, 0.25) is 0 Å². The maximum Gasteiger partial charge on any atom is 0.397 e. The van der Waals surface area contributed by atoms with Crippen LogP contribution in [-0.2, 0) is 38.3 Å². The van der Waals surface area contributed by atoms with Crippen LogP contribution in [0.5, 0.6) is 0 Å². The Morgan fingerprint density at radius 1 is 0.557 bits per heavy atom. The zero-order chi connectivity index (χ0) is 51.0. The van der Waals surface area contributed by atoms with E-state index in [4.69, 9.17) is 18.9 Å². The van der Waals surface area contributed by atoms with Gasteiger partial charge in [0.15, 0.2) is 6.29 Å². The SMILES string of the molecule is CC/C=C\C/C=C\C/C=C\C/C=C\C/C=C\C/C=C\CCCCCCC(=O)OC(COCCCCCCCCC/C=C\C/C=C\C/C=C\CCCCC)COC1OC(CO)C(O)C(OS(=O)(=O)O)C1O. The third-order valence-corrected chi connectivity index (χ3v) is 11.8. The Morgan fingerprint density at radius 3 is 1.44 bits per heavy atom. The van der Waals surface area contributed by atoms with Crippen molar-refractivity contribution in [2.45, 2.75) is 218 Å². The molecular weight excluding hydrogens is 909 g/mol. The van der Waals surface area contributed by atoms with E-state index < -0.39 is 59.8 Å². The Labute approximate surface area is 424 Å². The molecule has 1 heterocycles. The summed E-state index contributed by atoms with van der Waals surface area (Å²) in [6, 6.07) is 0. The van der Waals surface area contributed by atoms with Crippen LogP contribution in [-0.4, -0.2) is 97.5 Å². The fraction of sp³-hybridized carbons (Fsp3) is 0.667. The van der Waals surface area contributed by atoms with Crippen LogP contribution in [0.1, 0.15) is 181 Å². The van der Waals surface area contributed by atoms with Crippen molar-refractivity contribution in [1.29, 1.82) is 0 Å². The molecule has 0 aliphatic carbocycles. The lowest BCUT2D eigenvalue weighted by atomic mass is 9.99. The second-order valence-corrected chi connectivity index (χ2v) is 18.8. The number of hydrogen-bond acceptors (Lipinski definition) is 11. The van der Waals surface area contributed by atoms with Crippen molar-refractivity contribution < 1.29 is 56.2 Å². The van der Waals surface area contributed by atoms with Crippen LogP contribution in [0.3, 0.4) is 0 Å². The number of unbranched alkanes of at least 4 members (excludes halogenated alkanes) is 14. The first-order chi connectivity index (χ1) is 34.1. The summed E-state index contributed by atoms with van der Waals surface area (Å²) < 4.78 is 59.3. The molecule has 12 nitrogen and oxygen atoms in total. The molecule has 70 heavy (non-hydrogen) atoms. The molecule has 0 spiro atoms. The predicted molar refractivity (Wildman–Crippen MR) is 284 cm³/mol. The van der Waals surface area contributed by atoms with Gasteiger partial charge in [0.05, 0.1) is 19.8 Å². The Morgan fingerprint density at radius 2 is 0.986 bits per heavy atom. The van der Waals surface area contributed by atoms with Crippen LogP contribution in [0.25, 0.3) is 0 Å². The highest BCUT2D eigenvalue weighted by Crippen LogP contribution is 2.26. The molecule has 6 unspecified atom stereocenters. The number of carbonyl (C=O) groups is 1. The molecular formula is C57H94O12S. The summed E-state index contributed by atoms with van der Waals surface area (Å²) in [5.41, 5.74) is 0. The van der Waals surface area contributed by atoms with Gasteiger partial charge in [-0.25, -0.2) is 4.18 Å². The number of aliphatic hydroxyl groups excluding tert-OH is 3. The molecule has 1 aliphatic rings. The van der Waals surface area contributed by atoms with Gasteiger partial charge in [-0.15, -0.1) is 0 Å². The van der Waals surface area contributed by atoms with Gasteiger partial charge in [-0.3, -0.25) is 9.35 Å². The Bertz CT molecular complexity index is 1630. The molecule has 1 rings (SSSR count). The van der Waals surface area contributed by atoms with Gasteiger partial charge in [-0.1, -0.05) is 181 Å². The van der Waals surface area contributed by atoms with Gasteiger partial charge >= 0.3 is 16.4 Å². The molecule has 0 saturated carbocycles. The smallest absolute Gasteiger partial charge is 0.397 e. The van der Waals surface area contributed by atoms with Gasteiger partial charge in [0.1, 0.15) is 30.5 Å². The fourth-order valence-electron chi connectivity index (χ4n) is 7.39. The molecule has 6 atom stereocenters. The minimum absolute atomic E-state index is 0.0109. The maximum absolute atomic E-state index is 12.9. The van der Waals surface area contributed by atoms with E-state index in [2.05, 4.69) is 127 Å². The minimum Gasteiger partial charge on any atom is -0.457 e. The van der Waals surface area contributed by atoms with Crippen molar-refractivity contribution in [3.63, 3.8) is 0 Å². The number of hydrogen-bond donors (Lipinski definition) is 4. The van der Waals surface area contributed by atoms with E-state index in [1.807, 2.05) is 0 Å². The van der Waals surface area contributed by atoms with E-state index in [-0.39, 0.29) is 19.6 Å². The lowest BCUT2D eigenvalue weighted by molar-refractivity contribution is -0.301. The Hall–Kier alpha value is -3.24. The molecule has 0 aromatic rings. The number of rotatable bonds is 45. The zero-order valence-corrected chi connectivity index (χ0v) is 43.8. The van der Waals surface area contributed by atoms with E-state index in [0.29, 0.717) is 13.0 Å². The first-order valence-corrected chi connectivity index (χ1v) is 28.0. The first kappa shape index (κ1) is 64.8. The predicted octanol–water partition coefficient (Wildman–Crippen LogP) is 12.7. The summed E-state index contributed by atoms with van der Waals surface area (Å²) in [5.74, 6) is -0.431. The molecule has 0 amide bonds. The standard InChI is InChI=1S/C57H94O12S/c1-3-5-7-9-11-13-15-17-19-21-23-25-26-27-28-30-32-34-36-38-40-42-44-46-53(59)67-51(50-66-57-55(61)56(69-70(62,63)64)54(60)52(48-58)68-57)49-65-47-45-43-41-39-37-35-33-31-29-24-22-20-18-16-14-12-10-8-6-4-2/h5,7,11-14,17-20,23-25,27-29,32,34,51-52,54-58,60-61H,3-4,6,8-10,15-16,21-22,26,30-31,33,35-50H2,1-2H3,(H,62,63,64)/b7-5-,13-11-,14-12-,19-17-,20-18-,25-23-,28-27-,29-24-,34-32-. The largest absolute Gasteiger partial charge is 0.457 e. The average molecular weight is 1000 g/mol.